The summed E-state index contributed by atoms with van der Waals surface area (Å²) in [4.78, 5) is 19.4. The number of oxazole rings is 1. The molecule has 6 nitrogen and oxygen atoms in total. The van der Waals surface area contributed by atoms with E-state index in [1.807, 2.05) is 84.9 Å². The molecule has 3 aromatic heterocycles. The van der Waals surface area contributed by atoms with E-state index in [2.05, 4.69) is 95.6 Å². The van der Waals surface area contributed by atoms with Crippen molar-refractivity contribution in [1.29, 1.82) is 0 Å². The highest BCUT2D eigenvalue weighted by molar-refractivity contribution is 6.10. The highest BCUT2D eigenvalue weighted by Crippen LogP contribution is 2.36. The average molecular weight is 668 g/mol. The number of hydrogen-bond donors (Lipinski definition) is 0. The zero-order chi connectivity index (χ0) is 34.4. The molecule has 0 unspecified atom stereocenters. The quantitative estimate of drug-likeness (QED) is 0.176. The number of benzene rings is 7. The topological polar surface area (TPSA) is 69.6 Å². The van der Waals surface area contributed by atoms with E-state index in [9.17, 15) is 0 Å². The normalized spacial score (nSPS) is 11.5. The molecule has 52 heavy (non-hydrogen) atoms. The maximum absolute atomic E-state index is 6.13. The minimum Gasteiger partial charge on any atom is -0.436 e. The molecule has 0 radical (unpaired) electrons. The maximum Gasteiger partial charge on any atom is 0.227 e. The lowest BCUT2D eigenvalue weighted by molar-refractivity contribution is 0.620. The van der Waals surface area contributed by atoms with Crippen LogP contribution in [0, 0.1) is 0 Å². The summed E-state index contributed by atoms with van der Waals surface area (Å²) >= 11 is 0. The summed E-state index contributed by atoms with van der Waals surface area (Å²) in [5.74, 6) is 2.55. The van der Waals surface area contributed by atoms with Gasteiger partial charge in [0.05, 0.1) is 11.0 Å². The fourth-order valence-corrected chi connectivity index (χ4v) is 6.95. The fraction of sp³-hybridized carbons (Fsp3) is 0. The Labute approximate surface area is 299 Å². The third-order valence-corrected chi connectivity index (χ3v) is 9.49. The zero-order valence-corrected chi connectivity index (χ0v) is 27.9. The molecule has 0 saturated carbocycles. The molecular weight excluding hydrogens is 639 g/mol. The van der Waals surface area contributed by atoms with Crippen molar-refractivity contribution in [2.75, 3.05) is 0 Å². The molecule has 10 aromatic rings. The summed E-state index contributed by atoms with van der Waals surface area (Å²) < 4.78 is 8.46. The third-order valence-electron chi connectivity index (χ3n) is 9.49. The molecule has 244 valence electrons. The van der Waals surface area contributed by atoms with Crippen LogP contribution >= 0.6 is 0 Å². The maximum atomic E-state index is 6.13. The smallest absolute Gasteiger partial charge is 0.227 e. The zero-order valence-electron chi connectivity index (χ0n) is 27.9. The van der Waals surface area contributed by atoms with E-state index >= 15 is 0 Å². The van der Waals surface area contributed by atoms with Crippen LogP contribution in [0.2, 0.25) is 0 Å². The second-order valence-corrected chi connectivity index (χ2v) is 12.7. The van der Waals surface area contributed by atoms with Gasteiger partial charge in [-0.25, -0.2) is 19.9 Å². The summed E-state index contributed by atoms with van der Waals surface area (Å²) in [7, 11) is 0. The molecule has 0 spiro atoms. The Hall–Kier alpha value is -7.18. The van der Waals surface area contributed by atoms with E-state index in [4.69, 9.17) is 24.4 Å². The number of aromatic nitrogens is 5. The molecule has 0 fully saturated rings. The molecular formula is C46H29N5O. The number of para-hydroxylation sites is 3. The molecule has 0 aliphatic rings. The third kappa shape index (κ3) is 5.22. The number of hydrogen-bond acceptors (Lipinski definition) is 5. The van der Waals surface area contributed by atoms with Crippen LogP contribution in [-0.2, 0) is 0 Å². The van der Waals surface area contributed by atoms with Gasteiger partial charge in [0.2, 0.25) is 5.89 Å². The van der Waals surface area contributed by atoms with Gasteiger partial charge < -0.3 is 8.98 Å². The van der Waals surface area contributed by atoms with E-state index in [0.717, 1.165) is 66.6 Å². The van der Waals surface area contributed by atoms with Gasteiger partial charge in [-0.2, -0.15) is 0 Å². The second-order valence-electron chi connectivity index (χ2n) is 12.7. The summed E-state index contributed by atoms with van der Waals surface area (Å²) in [5, 5.41) is 2.32. The van der Waals surface area contributed by atoms with Gasteiger partial charge in [-0.3, -0.25) is 0 Å². The highest BCUT2D eigenvalue weighted by atomic mass is 16.3. The van der Waals surface area contributed by atoms with Gasteiger partial charge in [0.25, 0.3) is 0 Å². The van der Waals surface area contributed by atoms with Crippen LogP contribution in [0.1, 0.15) is 0 Å². The lowest BCUT2D eigenvalue weighted by atomic mass is 10.0. The molecule has 0 bridgehead atoms. The average Bonchev–Trinajstić information content (AvgIpc) is 3.81. The summed E-state index contributed by atoms with van der Waals surface area (Å²) in [6, 6.07) is 60.1. The molecule has 0 aliphatic heterocycles. The molecule has 0 N–H and O–H groups in total. The van der Waals surface area contributed by atoms with Crippen molar-refractivity contribution < 1.29 is 4.42 Å². The van der Waals surface area contributed by atoms with E-state index in [0.29, 0.717) is 23.4 Å². The first kappa shape index (κ1) is 29.7. The summed E-state index contributed by atoms with van der Waals surface area (Å²) in [6.45, 7) is 0. The van der Waals surface area contributed by atoms with Crippen molar-refractivity contribution in [1.82, 2.24) is 24.5 Å². The van der Waals surface area contributed by atoms with E-state index in [1.165, 1.54) is 5.39 Å². The lowest BCUT2D eigenvalue weighted by Crippen LogP contribution is -2.00. The minimum atomic E-state index is 0.620. The predicted octanol–water partition coefficient (Wildman–Crippen LogP) is 11.4. The van der Waals surface area contributed by atoms with E-state index in [1.54, 1.807) is 0 Å². The van der Waals surface area contributed by atoms with Crippen molar-refractivity contribution in [3.05, 3.63) is 176 Å². The number of nitrogens with zero attached hydrogens (tertiary/aromatic N) is 5. The number of fused-ring (bicyclic) bond motifs is 4. The van der Waals surface area contributed by atoms with Crippen molar-refractivity contribution in [3.63, 3.8) is 0 Å². The molecule has 6 heteroatoms. The van der Waals surface area contributed by atoms with Crippen LogP contribution in [-0.4, -0.2) is 24.5 Å². The van der Waals surface area contributed by atoms with Crippen LogP contribution in [0.3, 0.4) is 0 Å². The van der Waals surface area contributed by atoms with Crippen LogP contribution in [0.15, 0.2) is 180 Å². The van der Waals surface area contributed by atoms with Crippen molar-refractivity contribution in [2.24, 2.45) is 0 Å². The fourth-order valence-electron chi connectivity index (χ4n) is 6.95. The monoisotopic (exact) mass is 667 g/mol. The molecule has 0 atom stereocenters. The van der Waals surface area contributed by atoms with Gasteiger partial charge in [0.1, 0.15) is 5.52 Å². The van der Waals surface area contributed by atoms with Crippen LogP contribution in [0.4, 0.5) is 0 Å². The van der Waals surface area contributed by atoms with Crippen molar-refractivity contribution in [3.8, 4) is 62.4 Å². The van der Waals surface area contributed by atoms with Gasteiger partial charge in [-0.15, -0.1) is 0 Å². The first-order valence-electron chi connectivity index (χ1n) is 17.2. The Morgan fingerprint density at radius 3 is 1.63 bits per heavy atom. The van der Waals surface area contributed by atoms with Gasteiger partial charge in [-0.05, 0) is 59.7 Å². The van der Waals surface area contributed by atoms with Gasteiger partial charge in [0.15, 0.2) is 23.1 Å². The first-order chi connectivity index (χ1) is 25.7. The summed E-state index contributed by atoms with van der Waals surface area (Å²) in [5.41, 5.74) is 11.0. The van der Waals surface area contributed by atoms with Crippen molar-refractivity contribution >= 4 is 32.9 Å². The van der Waals surface area contributed by atoms with Crippen LogP contribution in [0.25, 0.3) is 95.3 Å². The van der Waals surface area contributed by atoms with Gasteiger partial charge >= 0.3 is 0 Å². The van der Waals surface area contributed by atoms with Crippen LogP contribution in [0.5, 0.6) is 0 Å². The molecule has 0 amide bonds. The Balaban J connectivity index is 1.03. The highest BCUT2D eigenvalue weighted by Gasteiger charge is 2.17. The molecule has 0 saturated heterocycles. The minimum absolute atomic E-state index is 0.620. The van der Waals surface area contributed by atoms with Gasteiger partial charge in [-0.1, -0.05) is 127 Å². The predicted molar refractivity (Wildman–Crippen MR) is 209 cm³/mol. The van der Waals surface area contributed by atoms with E-state index in [-0.39, 0.29) is 0 Å². The Morgan fingerprint density at radius 2 is 0.923 bits per heavy atom. The standard InChI is InChI=1S/C46H29N5O/c1-3-12-31(13-4-1)43-48-44(32-14-5-2-6-15-32)50-45(49-43)33-24-22-30(23-25-33)34-16-11-17-36(28-34)51-40-20-9-7-18-37(40)38-29-35(26-27-41(38)51)46-47-39-19-8-10-21-42(39)52-46/h1-29H. The lowest BCUT2D eigenvalue weighted by Gasteiger charge is -2.11. The Bertz CT molecular complexity index is 2800. The van der Waals surface area contributed by atoms with Gasteiger partial charge in [0, 0.05) is 38.7 Å². The Kier molecular flexibility index (Phi) is 7.03. The molecule has 3 heterocycles. The first-order valence-corrected chi connectivity index (χ1v) is 17.2. The molecule has 0 aliphatic carbocycles. The SMILES string of the molecule is c1ccc(-c2nc(-c3ccccc3)nc(-c3ccc(-c4cccc(-n5c6ccccc6c6cc(-c7nc8ccccc8o7)ccc65)c4)cc3)n2)cc1. The largest absolute Gasteiger partial charge is 0.436 e. The molecule has 10 rings (SSSR count). The van der Waals surface area contributed by atoms with E-state index < -0.39 is 0 Å². The van der Waals surface area contributed by atoms with Crippen molar-refractivity contribution in [2.45, 2.75) is 0 Å². The summed E-state index contributed by atoms with van der Waals surface area (Å²) in [6.07, 6.45) is 0. The Morgan fingerprint density at radius 1 is 0.365 bits per heavy atom. The number of rotatable bonds is 6. The van der Waals surface area contributed by atoms with Crippen LogP contribution < -0.4 is 0 Å². The molecule has 7 aromatic carbocycles. The second kappa shape index (κ2) is 12.3.